The first-order chi connectivity index (χ1) is 12.7. The number of para-hydroxylation sites is 1. The van der Waals surface area contributed by atoms with Gasteiger partial charge in [-0.3, -0.25) is 14.9 Å². The number of nitrogens with zero attached hydrogens (tertiary/aromatic N) is 2. The van der Waals surface area contributed by atoms with Gasteiger partial charge in [0.15, 0.2) is 0 Å². The van der Waals surface area contributed by atoms with Crippen LogP contribution in [-0.2, 0) is 24.5 Å². The van der Waals surface area contributed by atoms with Crippen LogP contribution >= 0.6 is 0 Å². The van der Waals surface area contributed by atoms with Gasteiger partial charge in [-0.25, -0.2) is 0 Å². The molecular formula is C16H23N3O7S. The standard InChI is InChI=1S/C16H23N3O7S/c1-12(2)26-16(20)11-14(13-5-3-4-6-15(13)19(21)22)17-27(23,24)18-7-9-25-10-8-18/h3-6,12,14,17H,7-11H2,1-2H3. The van der Waals surface area contributed by atoms with Gasteiger partial charge in [0.2, 0.25) is 0 Å². The van der Waals surface area contributed by atoms with Crippen LogP contribution in [0, 0.1) is 10.1 Å². The van der Waals surface area contributed by atoms with Crippen LogP contribution in [0.4, 0.5) is 5.69 Å². The largest absolute Gasteiger partial charge is 0.463 e. The molecule has 1 aliphatic rings. The Hall–Kier alpha value is -2.08. The number of morpholine rings is 1. The van der Waals surface area contributed by atoms with E-state index < -0.39 is 27.1 Å². The van der Waals surface area contributed by atoms with Gasteiger partial charge in [-0.2, -0.15) is 17.4 Å². The minimum absolute atomic E-state index is 0.0973. The van der Waals surface area contributed by atoms with E-state index in [1.54, 1.807) is 19.9 Å². The molecule has 0 aliphatic carbocycles. The van der Waals surface area contributed by atoms with E-state index in [2.05, 4.69) is 4.72 Å². The lowest BCUT2D eigenvalue weighted by molar-refractivity contribution is -0.385. The van der Waals surface area contributed by atoms with Crippen molar-refractivity contribution in [2.45, 2.75) is 32.4 Å². The van der Waals surface area contributed by atoms with Crippen molar-refractivity contribution in [3.8, 4) is 0 Å². The Bertz CT molecular complexity index is 776. The summed E-state index contributed by atoms with van der Waals surface area (Å²) in [6, 6.07) is 4.57. The number of benzene rings is 1. The van der Waals surface area contributed by atoms with Crippen LogP contribution in [0.3, 0.4) is 0 Å². The molecule has 2 rings (SSSR count). The molecule has 0 radical (unpaired) electrons. The van der Waals surface area contributed by atoms with Gasteiger partial charge in [0.05, 0.1) is 36.7 Å². The molecule has 1 aromatic rings. The molecule has 1 saturated heterocycles. The summed E-state index contributed by atoms with van der Waals surface area (Å²) in [7, 11) is -3.97. The fourth-order valence-corrected chi connectivity index (χ4v) is 4.03. The van der Waals surface area contributed by atoms with Gasteiger partial charge < -0.3 is 9.47 Å². The molecule has 1 unspecified atom stereocenters. The average molecular weight is 401 g/mol. The third kappa shape index (κ3) is 5.96. The SMILES string of the molecule is CC(C)OC(=O)CC(NS(=O)(=O)N1CCOCC1)c1ccccc1[N+](=O)[O-]. The first-order valence-electron chi connectivity index (χ1n) is 8.48. The lowest BCUT2D eigenvalue weighted by Gasteiger charge is -2.28. The molecule has 0 spiro atoms. The topological polar surface area (TPSA) is 128 Å². The Morgan fingerprint density at radius 1 is 1.33 bits per heavy atom. The Labute approximate surface area is 157 Å². The molecule has 1 atom stereocenters. The number of hydrogen-bond donors (Lipinski definition) is 1. The normalized spacial score (nSPS) is 16.9. The molecule has 1 fully saturated rings. The van der Waals surface area contributed by atoms with Crippen molar-refractivity contribution in [1.82, 2.24) is 9.03 Å². The summed E-state index contributed by atoms with van der Waals surface area (Å²) in [6.45, 7) is 4.16. The second-order valence-corrected chi connectivity index (χ2v) is 7.95. The fourth-order valence-electron chi connectivity index (χ4n) is 2.68. The highest BCUT2D eigenvalue weighted by atomic mass is 32.2. The summed E-state index contributed by atoms with van der Waals surface area (Å²) in [5, 5.41) is 11.3. The predicted molar refractivity (Wildman–Crippen MR) is 96.1 cm³/mol. The number of nitro groups is 1. The summed E-state index contributed by atoms with van der Waals surface area (Å²) in [4.78, 5) is 22.9. The summed E-state index contributed by atoms with van der Waals surface area (Å²) in [6.07, 6.45) is -0.758. The van der Waals surface area contributed by atoms with Crippen LogP contribution in [0.2, 0.25) is 0 Å². The Balaban J connectivity index is 2.32. The van der Waals surface area contributed by atoms with E-state index >= 15 is 0 Å². The van der Waals surface area contributed by atoms with E-state index in [-0.39, 0.29) is 50.1 Å². The molecule has 0 amide bonds. The number of esters is 1. The molecule has 150 valence electrons. The zero-order valence-corrected chi connectivity index (χ0v) is 16.0. The monoisotopic (exact) mass is 401 g/mol. The van der Waals surface area contributed by atoms with Gasteiger partial charge in [-0.1, -0.05) is 18.2 Å². The fraction of sp³-hybridized carbons (Fsp3) is 0.562. The highest BCUT2D eigenvalue weighted by Crippen LogP contribution is 2.28. The van der Waals surface area contributed by atoms with E-state index in [0.29, 0.717) is 0 Å². The highest BCUT2D eigenvalue weighted by Gasteiger charge is 2.32. The summed E-state index contributed by atoms with van der Waals surface area (Å²) in [5.74, 6) is -0.655. The molecule has 1 N–H and O–H groups in total. The first kappa shape index (κ1) is 21.2. The number of rotatable bonds is 8. The quantitative estimate of drug-likeness (QED) is 0.393. The number of carbonyl (C=O) groups is 1. The first-order valence-corrected chi connectivity index (χ1v) is 9.92. The maximum absolute atomic E-state index is 12.7. The van der Waals surface area contributed by atoms with Crippen LogP contribution in [0.25, 0.3) is 0 Å². The van der Waals surface area contributed by atoms with Gasteiger partial charge in [-0.05, 0) is 13.8 Å². The van der Waals surface area contributed by atoms with Gasteiger partial charge in [0.1, 0.15) is 0 Å². The summed E-state index contributed by atoms with van der Waals surface area (Å²) >= 11 is 0. The second-order valence-electron chi connectivity index (χ2n) is 6.25. The molecule has 27 heavy (non-hydrogen) atoms. The smallest absolute Gasteiger partial charge is 0.308 e. The molecule has 1 heterocycles. The van der Waals surface area contributed by atoms with Crippen molar-refractivity contribution in [2.24, 2.45) is 0 Å². The van der Waals surface area contributed by atoms with Crippen LogP contribution < -0.4 is 4.72 Å². The zero-order valence-electron chi connectivity index (χ0n) is 15.2. The van der Waals surface area contributed by atoms with Crippen LogP contribution in [0.1, 0.15) is 31.9 Å². The number of hydrogen-bond acceptors (Lipinski definition) is 7. The maximum atomic E-state index is 12.7. The zero-order chi connectivity index (χ0) is 20.0. The molecule has 11 heteroatoms. The van der Waals surface area contributed by atoms with Gasteiger partial charge in [0.25, 0.3) is 15.9 Å². The minimum atomic E-state index is -3.97. The molecule has 10 nitrogen and oxygen atoms in total. The molecule has 0 bridgehead atoms. The highest BCUT2D eigenvalue weighted by molar-refractivity contribution is 7.87. The molecular weight excluding hydrogens is 378 g/mol. The van der Waals surface area contributed by atoms with Crippen molar-refractivity contribution in [3.05, 3.63) is 39.9 Å². The maximum Gasteiger partial charge on any atom is 0.308 e. The second kappa shape index (κ2) is 9.22. The summed E-state index contributed by atoms with van der Waals surface area (Å²) in [5.41, 5.74) is -0.176. The Morgan fingerprint density at radius 2 is 1.96 bits per heavy atom. The van der Waals surface area contributed by atoms with Crippen LogP contribution in [0.15, 0.2) is 24.3 Å². The third-order valence-corrected chi connectivity index (χ3v) is 5.48. The van der Waals surface area contributed by atoms with Crippen LogP contribution in [-0.4, -0.2) is 56.0 Å². The van der Waals surface area contributed by atoms with Crippen molar-refractivity contribution in [1.29, 1.82) is 0 Å². The average Bonchev–Trinajstić information content (AvgIpc) is 2.61. The number of carbonyl (C=O) groups excluding carboxylic acids is 1. The van der Waals surface area contributed by atoms with Gasteiger partial charge in [0, 0.05) is 24.7 Å². The van der Waals surface area contributed by atoms with Crippen molar-refractivity contribution >= 4 is 21.9 Å². The molecule has 1 aromatic carbocycles. The van der Waals surface area contributed by atoms with E-state index in [9.17, 15) is 23.3 Å². The van der Waals surface area contributed by atoms with Crippen molar-refractivity contribution in [2.75, 3.05) is 26.3 Å². The predicted octanol–water partition coefficient (Wildman–Crippen LogP) is 1.14. The van der Waals surface area contributed by atoms with Gasteiger partial charge in [-0.15, -0.1) is 0 Å². The van der Waals surface area contributed by atoms with Crippen molar-refractivity contribution in [3.63, 3.8) is 0 Å². The van der Waals surface area contributed by atoms with E-state index in [4.69, 9.17) is 9.47 Å². The molecule has 1 aliphatic heterocycles. The lowest BCUT2D eigenvalue weighted by Crippen LogP contribution is -2.47. The number of ether oxygens (including phenoxy) is 2. The van der Waals surface area contributed by atoms with Crippen LogP contribution in [0.5, 0.6) is 0 Å². The lowest BCUT2D eigenvalue weighted by atomic mass is 10.0. The van der Waals surface area contributed by atoms with E-state index in [1.165, 1.54) is 22.5 Å². The Kier molecular flexibility index (Phi) is 7.25. The molecule has 0 aromatic heterocycles. The van der Waals surface area contributed by atoms with E-state index in [0.717, 1.165) is 0 Å². The number of nitro benzene ring substituents is 1. The minimum Gasteiger partial charge on any atom is -0.463 e. The van der Waals surface area contributed by atoms with E-state index in [1.807, 2.05) is 0 Å². The summed E-state index contributed by atoms with van der Waals surface area (Å²) < 4.78 is 39.2. The molecule has 0 saturated carbocycles. The third-order valence-electron chi connectivity index (χ3n) is 3.85. The van der Waals surface area contributed by atoms with Gasteiger partial charge >= 0.3 is 5.97 Å². The Morgan fingerprint density at radius 3 is 2.56 bits per heavy atom. The number of nitrogens with one attached hydrogen (secondary N) is 1. The van der Waals surface area contributed by atoms with Crippen molar-refractivity contribution < 1.29 is 27.6 Å².